The number of amides is 1. The van der Waals surface area contributed by atoms with Crippen molar-refractivity contribution in [3.8, 4) is 12.3 Å². The Morgan fingerprint density at radius 2 is 1.69 bits per heavy atom. The topological polar surface area (TPSA) is 200 Å². The van der Waals surface area contributed by atoms with Gasteiger partial charge in [-0.1, -0.05) is 37.6 Å². The van der Waals surface area contributed by atoms with E-state index in [1.54, 1.807) is 26.0 Å². The van der Waals surface area contributed by atoms with Gasteiger partial charge in [0.1, 0.15) is 17.9 Å². The molecule has 0 aromatic heterocycles. The Balaban J connectivity index is 0.00000291. The molecule has 3 fully saturated rings. The van der Waals surface area contributed by atoms with Crippen LogP contribution in [0.4, 0.5) is 0 Å². The minimum absolute atomic E-state index is 0.0133. The first-order valence-electron chi connectivity index (χ1n) is 21.0. The second-order valence-corrected chi connectivity index (χ2v) is 16.9. The predicted octanol–water partition coefficient (Wildman–Crippen LogP) is 3.83. The van der Waals surface area contributed by atoms with E-state index in [4.69, 9.17) is 14.2 Å². The fraction of sp³-hybridized carbons (Fsp3) is 0.733. The van der Waals surface area contributed by atoms with Gasteiger partial charge in [-0.15, -0.1) is 18.9 Å². The van der Waals surface area contributed by atoms with Crippen molar-refractivity contribution in [2.75, 3.05) is 26.9 Å². The number of aliphatic hydroxyl groups excluding tert-OH is 4. The minimum atomic E-state index is -2.50. The molecule has 5 N–H and O–H groups in total. The first-order chi connectivity index (χ1) is 27.6. The summed E-state index contributed by atoms with van der Waals surface area (Å²) in [6.45, 7) is 10.7. The third-order valence-corrected chi connectivity index (χ3v) is 12.3. The molecule has 0 aromatic carbocycles. The number of fused-ring (bicyclic) bond motifs is 3. The van der Waals surface area contributed by atoms with Gasteiger partial charge in [0.2, 0.25) is 5.79 Å². The maximum atomic E-state index is 14.1. The van der Waals surface area contributed by atoms with Crippen molar-refractivity contribution in [2.24, 2.45) is 35.5 Å². The van der Waals surface area contributed by atoms with Gasteiger partial charge < -0.3 is 44.6 Å². The number of cyclic esters (lactones) is 1. The lowest BCUT2D eigenvalue weighted by Gasteiger charge is -2.44. The van der Waals surface area contributed by atoms with E-state index >= 15 is 0 Å². The number of esters is 1. The normalized spacial score (nSPS) is 38.5. The summed E-state index contributed by atoms with van der Waals surface area (Å²) >= 11 is 0. The van der Waals surface area contributed by atoms with Gasteiger partial charge in [-0.2, -0.15) is 0 Å². The highest BCUT2D eigenvalue weighted by Crippen LogP contribution is 2.37. The number of Topliss-reactive ketones (excluding diaryl/α,β-unsaturated/α-hetero) is 2. The second-order valence-electron chi connectivity index (χ2n) is 16.9. The lowest BCUT2D eigenvalue weighted by molar-refractivity contribution is -0.274. The van der Waals surface area contributed by atoms with Gasteiger partial charge in [0.05, 0.1) is 24.4 Å². The number of ketones is 2. The number of carbonyl (C=O) groups is 4. The van der Waals surface area contributed by atoms with Crippen molar-refractivity contribution in [1.29, 1.82) is 0 Å². The first-order valence-corrected chi connectivity index (χ1v) is 21.0. The van der Waals surface area contributed by atoms with E-state index in [9.17, 15) is 44.7 Å². The van der Waals surface area contributed by atoms with Crippen LogP contribution in [-0.2, 0) is 33.4 Å². The molecule has 13 heteroatoms. The molecule has 4 rings (SSSR count). The molecule has 13 nitrogen and oxygen atoms in total. The monoisotopic (exact) mass is 815 g/mol. The van der Waals surface area contributed by atoms with Crippen molar-refractivity contribution in [2.45, 2.75) is 147 Å². The van der Waals surface area contributed by atoms with Gasteiger partial charge in [-0.05, 0) is 96.0 Å². The van der Waals surface area contributed by atoms with Crippen molar-refractivity contribution in [3.63, 3.8) is 0 Å². The quantitative estimate of drug-likeness (QED) is 0.108. The fourth-order valence-electron chi connectivity index (χ4n) is 8.88. The number of ether oxygens (including phenoxy) is 3. The van der Waals surface area contributed by atoms with Crippen LogP contribution in [0.25, 0.3) is 0 Å². The van der Waals surface area contributed by atoms with Crippen molar-refractivity contribution >= 4 is 23.4 Å². The molecule has 2 saturated heterocycles. The van der Waals surface area contributed by atoms with Crippen LogP contribution >= 0.6 is 0 Å². The first kappa shape index (κ1) is 49.1. The highest BCUT2D eigenvalue weighted by atomic mass is 16.6. The molecule has 58 heavy (non-hydrogen) atoms. The summed E-state index contributed by atoms with van der Waals surface area (Å²) in [5.41, 5.74) is 0.932. The van der Waals surface area contributed by atoms with E-state index < -0.39 is 77.8 Å². The SMILES string of the molecule is C#CC.C=CC[C@@H]1/C=C(\C)C[C@H](C)C[C@H](OC)[C@H]2O[C@](O)(CC[C@@H]2CO)C(=O)C(=O)N2CCCC[C@H]2C(=O)O[C@H](/C=C/[C@@H]2CC[C@@H](O)[C@H](CO)C2)[C@H](C)[C@@H](O)CC1=O. The van der Waals surface area contributed by atoms with Crippen LogP contribution in [0.1, 0.15) is 105 Å². The molecule has 1 aliphatic carbocycles. The van der Waals surface area contributed by atoms with E-state index in [0.29, 0.717) is 51.4 Å². The molecule has 326 valence electrons. The van der Waals surface area contributed by atoms with Gasteiger partial charge in [0.15, 0.2) is 0 Å². The molecule has 3 heterocycles. The molecule has 0 unspecified atom stereocenters. The van der Waals surface area contributed by atoms with Crippen LogP contribution in [0.2, 0.25) is 0 Å². The summed E-state index contributed by atoms with van der Waals surface area (Å²) in [7, 11) is 1.49. The molecule has 1 saturated carbocycles. The molecule has 3 aliphatic heterocycles. The van der Waals surface area contributed by atoms with E-state index in [1.165, 1.54) is 7.11 Å². The maximum absolute atomic E-state index is 14.1. The molecule has 0 spiro atoms. The summed E-state index contributed by atoms with van der Waals surface area (Å²) in [6.07, 6.45) is 11.3. The van der Waals surface area contributed by atoms with Crippen molar-refractivity contribution < 1.29 is 58.9 Å². The Morgan fingerprint density at radius 1 is 1.00 bits per heavy atom. The molecular formula is C45H69NO12. The number of nitrogens with zero attached hydrogens (tertiary/aromatic N) is 1. The Bertz CT molecular complexity index is 1490. The van der Waals surface area contributed by atoms with Gasteiger partial charge in [-0.3, -0.25) is 14.4 Å². The highest BCUT2D eigenvalue weighted by Gasteiger charge is 2.52. The molecule has 13 atom stereocenters. The van der Waals surface area contributed by atoms with Crippen LogP contribution in [0.3, 0.4) is 0 Å². The number of methoxy groups -OCH3 is 1. The van der Waals surface area contributed by atoms with Gasteiger partial charge in [-0.25, -0.2) is 4.79 Å². The Kier molecular flexibility index (Phi) is 19.9. The van der Waals surface area contributed by atoms with Crippen LogP contribution in [-0.4, -0.2) is 123 Å². The average molecular weight is 816 g/mol. The van der Waals surface area contributed by atoms with Crippen LogP contribution in [0.15, 0.2) is 36.5 Å². The zero-order valence-electron chi connectivity index (χ0n) is 35.2. The van der Waals surface area contributed by atoms with Gasteiger partial charge >= 0.3 is 5.97 Å². The molecule has 0 radical (unpaired) electrons. The number of rotatable bonds is 7. The average Bonchev–Trinajstić information content (AvgIpc) is 3.20. The lowest BCUT2D eigenvalue weighted by atomic mass is 9.79. The Labute approximate surface area is 344 Å². The smallest absolute Gasteiger partial charge is 0.329 e. The number of terminal acetylenes is 1. The standard InChI is InChI=1S/C42H65NO12.C3H4/c1-6-9-29-19-25(2)18-26(3)20-37(53-5)38-30(23-44)15-16-42(52,55-38)39(49)40(50)43-17-8-7-10-32(43)41(51)54-36(27(4)34(47)22-35(29)48)14-12-28-11-13-33(46)31(21-28)24-45;1-3-2/h6,12,14,19,26-34,36-38,44-47,52H,1,7-11,13,15-18,20-24H2,2-5H3;1H,2H3/b14-12+,25-19+;/t26-,27+,28-,29+,30+,31-,32-,33+,34-,36+,37-,38-,42+;/m0./s1. The number of carbonyl (C=O) groups excluding carboxylic acids is 4. The molecule has 1 amide bonds. The zero-order chi connectivity index (χ0) is 43.2. The van der Waals surface area contributed by atoms with Crippen LogP contribution in [0, 0.1) is 47.9 Å². The van der Waals surface area contributed by atoms with Crippen LogP contribution in [0.5, 0.6) is 0 Å². The third-order valence-electron chi connectivity index (χ3n) is 12.3. The Hall–Kier alpha value is -3.22. The number of hydrogen-bond donors (Lipinski definition) is 5. The van der Waals surface area contributed by atoms with Crippen molar-refractivity contribution in [3.05, 3.63) is 36.5 Å². The van der Waals surface area contributed by atoms with E-state index in [0.717, 1.165) is 10.5 Å². The summed E-state index contributed by atoms with van der Waals surface area (Å²) in [5, 5.41) is 53.6. The lowest BCUT2D eigenvalue weighted by Crippen LogP contribution is -2.60. The van der Waals surface area contributed by atoms with Gasteiger partial charge in [0, 0.05) is 63.4 Å². The van der Waals surface area contributed by atoms with Crippen molar-refractivity contribution in [1.82, 2.24) is 4.90 Å². The number of hydrogen-bond acceptors (Lipinski definition) is 12. The van der Waals surface area contributed by atoms with E-state index in [1.807, 2.05) is 26.0 Å². The third kappa shape index (κ3) is 13.1. The predicted molar refractivity (Wildman–Crippen MR) is 217 cm³/mol. The Morgan fingerprint density at radius 3 is 2.33 bits per heavy atom. The molecule has 0 aromatic rings. The summed E-state index contributed by atoms with van der Waals surface area (Å²) in [5.74, 6) is -5.66. The van der Waals surface area contributed by atoms with Crippen LogP contribution < -0.4 is 0 Å². The van der Waals surface area contributed by atoms with E-state index in [-0.39, 0.29) is 69.0 Å². The molecule has 2 bridgehead atoms. The molecular weight excluding hydrogens is 746 g/mol. The largest absolute Gasteiger partial charge is 0.456 e. The fourth-order valence-corrected chi connectivity index (χ4v) is 8.88. The second kappa shape index (κ2) is 23.5. The zero-order valence-corrected chi connectivity index (χ0v) is 35.2. The number of aliphatic hydroxyl groups is 5. The summed E-state index contributed by atoms with van der Waals surface area (Å²) in [6, 6.07) is -1.16. The van der Waals surface area contributed by atoms with E-state index in [2.05, 4.69) is 18.9 Å². The number of piperidine rings is 1. The van der Waals surface area contributed by atoms with Gasteiger partial charge in [0.25, 0.3) is 11.7 Å². The number of allylic oxidation sites excluding steroid dienone is 4. The summed E-state index contributed by atoms with van der Waals surface area (Å²) < 4.78 is 18.0. The summed E-state index contributed by atoms with van der Waals surface area (Å²) in [4.78, 5) is 56.9. The molecule has 4 aliphatic rings. The maximum Gasteiger partial charge on any atom is 0.329 e. The minimum Gasteiger partial charge on any atom is -0.456 e. The highest BCUT2D eigenvalue weighted by molar-refractivity contribution is 6.39.